The Morgan fingerprint density at radius 1 is 1.19 bits per heavy atom. The first-order valence-electron chi connectivity index (χ1n) is 10.6. The molecule has 0 aliphatic carbocycles. The molecule has 0 saturated carbocycles. The second kappa shape index (κ2) is 9.37. The molecule has 2 fully saturated rings. The molecule has 2 unspecified atom stereocenters. The van der Waals surface area contributed by atoms with Crippen LogP contribution in [0.25, 0.3) is 0 Å². The zero-order valence-corrected chi connectivity index (χ0v) is 19.7. The van der Waals surface area contributed by atoms with Gasteiger partial charge in [-0.25, -0.2) is 21.6 Å². The third-order valence-corrected chi connectivity index (χ3v) is 9.34. The van der Waals surface area contributed by atoms with Crippen LogP contribution in [0.15, 0.2) is 29.2 Å². The van der Waals surface area contributed by atoms with Gasteiger partial charge in [0, 0.05) is 43.2 Å². The van der Waals surface area contributed by atoms with Crippen molar-refractivity contribution in [3.63, 3.8) is 0 Å². The highest BCUT2D eigenvalue weighted by Crippen LogP contribution is 2.42. The number of benzene rings is 1. The molecule has 2 aliphatic heterocycles. The number of carbonyl (C=O) groups is 1. The van der Waals surface area contributed by atoms with Crippen molar-refractivity contribution in [3.8, 4) is 6.07 Å². The lowest BCUT2D eigenvalue weighted by atomic mass is 9.89. The summed E-state index contributed by atoms with van der Waals surface area (Å²) in [4.78, 5) is 15.4. The summed E-state index contributed by atoms with van der Waals surface area (Å²) in [5.41, 5.74) is -0.0580. The van der Waals surface area contributed by atoms with Gasteiger partial charge in [-0.1, -0.05) is 0 Å². The maximum absolute atomic E-state index is 12.7. The molecular formula is C21H29N3O6S2. The van der Waals surface area contributed by atoms with E-state index in [0.717, 1.165) is 12.8 Å². The number of likely N-dealkylation sites (tertiary alicyclic amines) is 1. The van der Waals surface area contributed by atoms with Gasteiger partial charge in [0.05, 0.1) is 22.3 Å². The van der Waals surface area contributed by atoms with Gasteiger partial charge in [-0.2, -0.15) is 5.26 Å². The molecule has 1 aromatic rings. The maximum atomic E-state index is 12.7. The Kier molecular flexibility index (Phi) is 7.17. The third kappa shape index (κ3) is 5.60. The van der Waals surface area contributed by atoms with E-state index in [0.29, 0.717) is 44.5 Å². The van der Waals surface area contributed by atoms with E-state index < -0.39 is 31.3 Å². The van der Waals surface area contributed by atoms with Crippen molar-refractivity contribution in [2.24, 2.45) is 0 Å². The molecule has 2 saturated heterocycles. The number of piperazine rings is 1. The highest BCUT2D eigenvalue weighted by molar-refractivity contribution is 7.91. The van der Waals surface area contributed by atoms with Gasteiger partial charge in [0.1, 0.15) is 9.84 Å². The van der Waals surface area contributed by atoms with Crippen molar-refractivity contribution >= 4 is 25.8 Å². The lowest BCUT2D eigenvalue weighted by Crippen LogP contribution is -2.62. The Hall–Kier alpha value is -2.16. The van der Waals surface area contributed by atoms with E-state index in [4.69, 9.17) is 5.26 Å². The maximum Gasteiger partial charge on any atom is 0.407 e. The smallest absolute Gasteiger partial charge is 0.407 e. The van der Waals surface area contributed by atoms with Gasteiger partial charge in [0.2, 0.25) is 0 Å². The third-order valence-electron chi connectivity index (χ3n) is 6.49. The molecule has 0 radical (unpaired) electrons. The summed E-state index contributed by atoms with van der Waals surface area (Å²) in [5, 5.41) is 18.4. The average molecular weight is 484 g/mol. The van der Waals surface area contributed by atoms with Gasteiger partial charge in [0.15, 0.2) is 9.84 Å². The van der Waals surface area contributed by atoms with E-state index in [-0.39, 0.29) is 22.4 Å². The van der Waals surface area contributed by atoms with Crippen LogP contribution in [0.3, 0.4) is 0 Å². The minimum atomic E-state index is -3.50. The molecule has 9 nitrogen and oxygen atoms in total. The number of sulfone groups is 2. The van der Waals surface area contributed by atoms with Crippen molar-refractivity contribution < 1.29 is 26.7 Å². The van der Waals surface area contributed by atoms with Crippen LogP contribution in [-0.4, -0.2) is 86.8 Å². The average Bonchev–Trinajstić information content (AvgIpc) is 2.91. The fourth-order valence-corrected chi connectivity index (χ4v) is 6.98. The van der Waals surface area contributed by atoms with E-state index in [9.17, 15) is 26.7 Å². The summed E-state index contributed by atoms with van der Waals surface area (Å²) < 4.78 is 48.6. The van der Waals surface area contributed by atoms with Gasteiger partial charge in [0.25, 0.3) is 0 Å². The molecule has 2 heterocycles. The first kappa shape index (κ1) is 24.5. The van der Waals surface area contributed by atoms with Crippen LogP contribution in [0.5, 0.6) is 0 Å². The second-order valence-electron chi connectivity index (χ2n) is 8.82. The molecule has 11 heteroatoms. The van der Waals surface area contributed by atoms with Crippen LogP contribution in [-0.2, 0) is 19.7 Å². The predicted molar refractivity (Wildman–Crippen MR) is 119 cm³/mol. The minimum Gasteiger partial charge on any atom is -0.465 e. The first-order valence-corrected chi connectivity index (χ1v) is 14.3. The molecule has 3 rings (SSSR count). The fraction of sp³-hybridized carbons (Fsp3) is 0.619. The Morgan fingerprint density at radius 2 is 1.88 bits per heavy atom. The zero-order chi connectivity index (χ0) is 23.6. The molecule has 0 aromatic heterocycles. The highest BCUT2D eigenvalue weighted by Gasteiger charge is 2.51. The second-order valence-corrected chi connectivity index (χ2v) is 13.2. The van der Waals surface area contributed by atoms with Crippen molar-refractivity contribution in [1.82, 2.24) is 9.80 Å². The highest BCUT2D eigenvalue weighted by atomic mass is 32.2. The van der Waals surface area contributed by atoms with E-state index in [1.165, 1.54) is 35.4 Å². The Labute approximate surface area is 189 Å². The number of fused-ring (bicyclic) bond motifs is 2. The van der Waals surface area contributed by atoms with Crippen LogP contribution < -0.4 is 0 Å². The number of carboxylic acid groups (broad SMARTS) is 1. The predicted octanol–water partition coefficient (Wildman–Crippen LogP) is 1.74. The van der Waals surface area contributed by atoms with Crippen LogP contribution in [0.4, 0.5) is 4.79 Å². The SMILES string of the molecule is CS(=O)(=O)CCCC12CCC(CN(C(=O)O)C1)N2CCCS(=O)(=O)c1ccc(C#N)cc1. The minimum absolute atomic E-state index is 0.00991. The first-order chi connectivity index (χ1) is 15.0. The molecule has 2 bridgehead atoms. The van der Waals surface area contributed by atoms with E-state index >= 15 is 0 Å². The standard InChI is InChI=1S/C21H29N3O6S2/c1-31(27,28)12-2-9-21-10-8-18(15-23(16-21)20(25)26)24(21)11-3-13-32(29,30)19-6-4-17(14-22)5-7-19/h4-7,18H,2-3,8-13,15-16H2,1H3,(H,25,26). The summed E-state index contributed by atoms with van der Waals surface area (Å²) in [6, 6.07) is 7.82. The molecular weight excluding hydrogens is 454 g/mol. The largest absolute Gasteiger partial charge is 0.465 e. The van der Waals surface area contributed by atoms with Crippen LogP contribution >= 0.6 is 0 Å². The van der Waals surface area contributed by atoms with Crippen LogP contribution in [0.1, 0.15) is 37.7 Å². The topological polar surface area (TPSA) is 136 Å². The summed E-state index contributed by atoms with van der Waals surface area (Å²) in [7, 11) is -6.61. The number of hydrogen-bond donors (Lipinski definition) is 1. The van der Waals surface area contributed by atoms with Crippen molar-refractivity contribution in [2.45, 2.75) is 48.6 Å². The van der Waals surface area contributed by atoms with Gasteiger partial charge >= 0.3 is 6.09 Å². The van der Waals surface area contributed by atoms with E-state index in [1.54, 1.807) is 0 Å². The van der Waals surface area contributed by atoms with Gasteiger partial charge in [-0.05, 0) is 56.4 Å². The Bertz CT molecular complexity index is 1100. The quantitative estimate of drug-likeness (QED) is 0.561. The molecule has 1 N–H and O–H groups in total. The molecule has 32 heavy (non-hydrogen) atoms. The van der Waals surface area contributed by atoms with Crippen molar-refractivity contribution in [1.29, 1.82) is 5.26 Å². The van der Waals surface area contributed by atoms with Crippen LogP contribution in [0, 0.1) is 11.3 Å². The summed E-state index contributed by atoms with van der Waals surface area (Å²) in [5.74, 6) is -0.00240. The van der Waals surface area contributed by atoms with Gasteiger partial charge < -0.3 is 10.0 Å². The Balaban J connectivity index is 1.69. The monoisotopic (exact) mass is 483 g/mol. The summed E-state index contributed by atoms with van der Waals surface area (Å²) in [6.07, 6.45) is 3.19. The molecule has 176 valence electrons. The Morgan fingerprint density at radius 3 is 2.47 bits per heavy atom. The lowest BCUT2D eigenvalue weighted by Gasteiger charge is -2.48. The lowest BCUT2D eigenvalue weighted by molar-refractivity contribution is 0.000417. The number of amides is 1. The van der Waals surface area contributed by atoms with Crippen LogP contribution in [0.2, 0.25) is 0 Å². The molecule has 0 spiro atoms. The number of hydrogen-bond acceptors (Lipinski definition) is 7. The normalized spacial score (nSPS) is 23.8. The van der Waals surface area contributed by atoms with E-state index in [1.807, 2.05) is 6.07 Å². The summed E-state index contributed by atoms with van der Waals surface area (Å²) in [6.45, 7) is 1.20. The zero-order valence-electron chi connectivity index (χ0n) is 18.1. The molecule has 2 atom stereocenters. The van der Waals surface area contributed by atoms with E-state index in [2.05, 4.69) is 4.90 Å². The molecule has 2 aliphatic rings. The fourth-order valence-electron chi connectivity index (χ4n) is 5.01. The molecule has 1 amide bonds. The number of nitrogens with zero attached hydrogens (tertiary/aromatic N) is 3. The van der Waals surface area contributed by atoms with Crippen molar-refractivity contribution in [3.05, 3.63) is 29.8 Å². The van der Waals surface area contributed by atoms with Gasteiger partial charge in [-0.15, -0.1) is 0 Å². The number of rotatable bonds is 9. The summed E-state index contributed by atoms with van der Waals surface area (Å²) >= 11 is 0. The molecule has 1 aromatic carbocycles. The number of nitriles is 1. The van der Waals surface area contributed by atoms with Gasteiger partial charge in [-0.3, -0.25) is 4.90 Å². The van der Waals surface area contributed by atoms with Crippen molar-refractivity contribution in [2.75, 3.05) is 37.4 Å².